The maximum absolute atomic E-state index is 9.42. The molecule has 94 valence electrons. The summed E-state index contributed by atoms with van der Waals surface area (Å²) in [5.41, 5.74) is 0. The molecule has 2 heterocycles. The molecule has 2 atom stereocenters. The van der Waals surface area contributed by atoms with Crippen molar-refractivity contribution in [2.24, 2.45) is 5.92 Å². The molecule has 3 nitrogen and oxygen atoms in total. The second-order valence-corrected chi connectivity index (χ2v) is 5.34. The fraction of sp³-hybridized carbons (Fsp3) is 1.00. The van der Waals surface area contributed by atoms with Gasteiger partial charge in [0.25, 0.3) is 0 Å². The van der Waals surface area contributed by atoms with Crippen LogP contribution in [0.1, 0.15) is 38.5 Å². The van der Waals surface area contributed by atoms with Crippen molar-refractivity contribution in [2.45, 2.75) is 44.6 Å². The highest BCUT2D eigenvalue weighted by atomic mass is 16.3. The molecule has 0 saturated carbocycles. The SMILES string of the molecule is OCC(CCCN1CCCC1)C1CCCN1. The Morgan fingerprint density at radius 3 is 2.69 bits per heavy atom. The van der Waals surface area contributed by atoms with E-state index in [-0.39, 0.29) is 0 Å². The summed E-state index contributed by atoms with van der Waals surface area (Å²) in [5, 5.41) is 12.9. The van der Waals surface area contributed by atoms with Crippen LogP contribution in [0.4, 0.5) is 0 Å². The number of likely N-dealkylation sites (tertiary alicyclic amines) is 1. The van der Waals surface area contributed by atoms with Crippen molar-refractivity contribution in [3.8, 4) is 0 Å². The highest BCUT2D eigenvalue weighted by molar-refractivity contribution is 4.81. The van der Waals surface area contributed by atoms with Gasteiger partial charge in [0.1, 0.15) is 0 Å². The van der Waals surface area contributed by atoms with Crippen LogP contribution in [0.5, 0.6) is 0 Å². The second-order valence-electron chi connectivity index (χ2n) is 5.34. The van der Waals surface area contributed by atoms with E-state index < -0.39 is 0 Å². The fourth-order valence-corrected chi connectivity index (χ4v) is 3.12. The Morgan fingerprint density at radius 1 is 1.25 bits per heavy atom. The molecule has 2 N–H and O–H groups in total. The van der Waals surface area contributed by atoms with E-state index in [1.54, 1.807) is 0 Å². The highest BCUT2D eigenvalue weighted by Gasteiger charge is 2.23. The van der Waals surface area contributed by atoms with Crippen molar-refractivity contribution >= 4 is 0 Å². The largest absolute Gasteiger partial charge is 0.396 e. The van der Waals surface area contributed by atoms with Crippen molar-refractivity contribution in [3.63, 3.8) is 0 Å². The van der Waals surface area contributed by atoms with Gasteiger partial charge in [-0.2, -0.15) is 0 Å². The predicted octanol–water partition coefficient (Wildman–Crippen LogP) is 1.22. The number of aliphatic hydroxyl groups is 1. The lowest BCUT2D eigenvalue weighted by Gasteiger charge is -2.23. The van der Waals surface area contributed by atoms with E-state index in [0.29, 0.717) is 18.6 Å². The number of rotatable bonds is 6. The van der Waals surface area contributed by atoms with Gasteiger partial charge in [-0.1, -0.05) is 0 Å². The number of hydrogen-bond donors (Lipinski definition) is 2. The zero-order valence-electron chi connectivity index (χ0n) is 10.3. The summed E-state index contributed by atoms with van der Waals surface area (Å²) in [6.07, 6.45) is 7.75. The summed E-state index contributed by atoms with van der Waals surface area (Å²) < 4.78 is 0. The summed E-state index contributed by atoms with van der Waals surface area (Å²) >= 11 is 0. The molecule has 2 rings (SSSR count). The van der Waals surface area contributed by atoms with Crippen molar-refractivity contribution < 1.29 is 5.11 Å². The van der Waals surface area contributed by atoms with Gasteiger partial charge in [-0.15, -0.1) is 0 Å². The van der Waals surface area contributed by atoms with Crippen LogP contribution in [0.2, 0.25) is 0 Å². The topological polar surface area (TPSA) is 35.5 Å². The minimum absolute atomic E-state index is 0.359. The molecule has 2 aliphatic heterocycles. The summed E-state index contributed by atoms with van der Waals surface area (Å²) in [7, 11) is 0. The van der Waals surface area contributed by atoms with Crippen molar-refractivity contribution in [1.82, 2.24) is 10.2 Å². The van der Waals surface area contributed by atoms with E-state index >= 15 is 0 Å². The average Bonchev–Trinajstić information content (AvgIpc) is 2.96. The van der Waals surface area contributed by atoms with Gasteiger partial charge in [0, 0.05) is 12.6 Å². The molecule has 3 heteroatoms. The molecule has 0 aromatic heterocycles. The van der Waals surface area contributed by atoms with Gasteiger partial charge in [0.15, 0.2) is 0 Å². The molecule has 2 fully saturated rings. The number of aliphatic hydroxyl groups excluding tert-OH is 1. The number of hydrogen-bond acceptors (Lipinski definition) is 3. The molecule has 0 amide bonds. The van der Waals surface area contributed by atoms with E-state index in [1.807, 2.05) is 0 Å². The smallest absolute Gasteiger partial charge is 0.0474 e. The predicted molar refractivity (Wildman–Crippen MR) is 66.5 cm³/mol. The van der Waals surface area contributed by atoms with Crippen LogP contribution in [0.3, 0.4) is 0 Å². The van der Waals surface area contributed by atoms with Crippen LogP contribution < -0.4 is 5.32 Å². The molecular formula is C13H26N2O. The van der Waals surface area contributed by atoms with E-state index in [9.17, 15) is 5.11 Å². The van der Waals surface area contributed by atoms with Crippen molar-refractivity contribution in [1.29, 1.82) is 0 Å². The Kier molecular flexibility index (Phi) is 5.07. The molecule has 16 heavy (non-hydrogen) atoms. The molecule has 0 aromatic rings. The molecular weight excluding hydrogens is 200 g/mol. The van der Waals surface area contributed by atoms with Gasteiger partial charge in [0.05, 0.1) is 0 Å². The molecule has 0 radical (unpaired) electrons. The minimum Gasteiger partial charge on any atom is -0.396 e. The van der Waals surface area contributed by atoms with Crippen molar-refractivity contribution in [3.05, 3.63) is 0 Å². The Labute approximate surface area is 99.2 Å². The van der Waals surface area contributed by atoms with Crippen LogP contribution in [0.15, 0.2) is 0 Å². The number of nitrogens with zero attached hydrogens (tertiary/aromatic N) is 1. The molecule has 2 aliphatic rings. The Bertz CT molecular complexity index is 186. The van der Waals surface area contributed by atoms with Crippen LogP contribution in [0, 0.1) is 5.92 Å². The quantitative estimate of drug-likeness (QED) is 0.715. The third kappa shape index (κ3) is 3.44. The third-order valence-corrected chi connectivity index (χ3v) is 4.15. The lowest BCUT2D eigenvalue weighted by atomic mass is 9.94. The molecule has 0 aliphatic carbocycles. The molecule has 2 unspecified atom stereocenters. The highest BCUT2D eigenvalue weighted by Crippen LogP contribution is 2.20. The third-order valence-electron chi connectivity index (χ3n) is 4.15. The van der Waals surface area contributed by atoms with Gasteiger partial charge in [-0.3, -0.25) is 0 Å². The van der Waals surface area contributed by atoms with Gasteiger partial charge in [-0.05, 0) is 70.6 Å². The standard InChI is InChI=1S/C13H26N2O/c16-11-12(13-6-3-7-14-13)5-4-10-15-8-1-2-9-15/h12-14,16H,1-11H2. The first-order chi connectivity index (χ1) is 7.90. The Hall–Kier alpha value is -0.120. The molecule has 0 spiro atoms. The lowest BCUT2D eigenvalue weighted by Crippen LogP contribution is -2.33. The maximum atomic E-state index is 9.42. The zero-order valence-corrected chi connectivity index (χ0v) is 10.3. The van der Waals surface area contributed by atoms with Crippen LogP contribution in [-0.4, -0.2) is 48.8 Å². The number of nitrogens with one attached hydrogen (secondary N) is 1. The second kappa shape index (κ2) is 6.58. The first kappa shape index (κ1) is 12.3. The Balaban J connectivity index is 1.62. The Morgan fingerprint density at radius 2 is 2.06 bits per heavy atom. The van der Waals surface area contributed by atoms with E-state index in [1.165, 1.54) is 58.2 Å². The first-order valence-electron chi connectivity index (χ1n) is 6.97. The van der Waals surface area contributed by atoms with Crippen LogP contribution in [0.25, 0.3) is 0 Å². The zero-order chi connectivity index (χ0) is 11.2. The van der Waals surface area contributed by atoms with E-state index in [4.69, 9.17) is 0 Å². The van der Waals surface area contributed by atoms with Gasteiger partial charge in [0.2, 0.25) is 0 Å². The monoisotopic (exact) mass is 226 g/mol. The average molecular weight is 226 g/mol. The molecule has 2 saturated heterocycles. The van der Waals surface area contributed by atoms with Gasteiger partial charge in [-0.25, -0.2) is 0 Å². The summed E-state index contributed by atoms with van der Waals surface area (Å²) in [5.74, 6) is 0.491. The normalized spacial score (nSPS) is 28.7. The summed E-state index contributed by atoms with van der Waals surface area (Å²) in [6.45, 7) is 5.34. The van der Waals surface area contributed by atoms with Crippen LogP contribution in [-0.2, 0) is 0 Å². The van der Waals surface area contributed by atoms with Gasteiger partial charge >= 0.3 is 0 Å². The van der Waals surface area contributed by atoms with Crippen LogP contribution >= 0.6 is 0 Å². The summed E-state index contributed by atoms with van der Waals surface area (Å²) in [4.78, 5) is 2.57. The first-order valence-corrected chi connectivity index (χ1v) is 6.97. The molecule has 0 bridgehead atoms. The van der Waals surface area contributed by atoms with Crippen molar-refractivity contribution in [2.75, 3.05) is 32.8 Å². The van der Waals surface area contributed by atoms with E-state index in [2.05, 4.69) is 10.2 Å². The lowest BCUT2D eigenvalue weighted by molar-refractivity contribution is 0.180. The fourth-order valence-electron chi connectivity index (χ4n) is 3.12. The minimum atomic E-state index is 0.359. The summed E-state index contributed by atoms with van der Waals surface area (Å²) in [6, 6.07) is 0.587. The van der Waals surface area contributed by atoms with Gasteiger partial charge < -0.3 is 15.3 Å². The maximum Gasteiger partial charge on any atom is 0.0474 e. The van der Waals surface area contributed by atoms with E-state index in [0.717, 1.165) is 6.54 Å². The molecule has 0 aromatic carbocycles.